The van der Waals surface area contributed by atoms with Gasteiger partial charge in [-0.15, -0.1) is 0 Å². The predicted octanol–water partition coefficient (Wildman–Crippen LogP) is 0.797. The first kappa shape index (κ1) is 13.4. The van der Waals surface area contributed by atoms with Gasteiger partial charge in [0.05, 0.1) is 17.7 Å². The molecule has 0 radical (unpaired) electrons. The number of sulfone groups is 1. The zero-order chi connectivity index (χ0) is 13.2. The predicted molar refractivity (Wildman–Crippen MR) is 72.1 cm³/mol. The van der Waals surface area contributed by atoms with Gasteiger partial charge in [0.1, 0.15) is 5.02 Å². The van der Waals surface area contributed by atoms with Crippen LogP contribution in [0.2, 0.25) is 5.02 Å². The van der Waals surface area contributed by atoms with E-state index in [-0.39, 0.29) is 11.5 Å². The molecule has 1 saturated heterocycles. The Morgan fingerprint density at radius 1 is 1.44 bits per heavy atom. The van der Waals surface area contributed by atoms with E-state index >= 15 is 0 Å². The molecule has 0 unspecified atom stereocenters. The van der Waals surface area contributed by atoms with Crippen molar-refractivity contribution in [1.82, 2.24) is 9.97 Å². The molecule has 8 heteroatoms. The Bertz CT molecular complexity index is 521. The molecule has 100 valence electrons. The number of halogens is 1. The molecule has 0 saturated carbocycles. The highest BCUT2D eigenvalue weighted by molar-refractivity contribution is 7.91. The third-order valence-electron chi connectivity index (χ3n) is 2.70. The van der Waals surface area contributed by atoms with Crippen LogP contribution in [0.4, 0.5) is 11.8 Å². The highest BCUT2D eigenvalue weighted by Gasteiger charge is 2.24. The van der Waals surface area contributed by atoms with Gasteiger partial charge in [-0.3, -0.25) is 0 Å². The normalized spacial score (nSPS) is 18.7. The molecule has 0 bridgehead atoms. The van der Waals surface area contributed by atoms with E-state index in [4.69, 9.17) is 11.6 Å². The molecule has 1 aromatic rings. The summed E-state index contributed by atoms with van der Waals surface area (Å²) in [6.45, 7) is 3.51. The summed E-state index contributed by atoms with van der Waals surface area (Å²) in [4.78, 5) is 10.2. The molecule has 0 amide bonds. The zero-order valence-corrected chi connectivity index (χ0v) is 11.6. The smallest absolute Gasteiger partial charge is 0.224 e. The molecule has 2 rings (SSSR count). The van der Waals surface area contributed by atoms with Crippen LogP contribution in [0.25, 0.3) is 0 Å². The third-order valence-corrected chi connectivity index (χ3v) is 4.58. The largest absolute Gasteiger partial charge is 0.354 e. The number of anilines is 2. The van der Waals surface area contributed by atoms with E-state index in [9.17, 15) is 8.42 Å². The molecular weight excluding hydrogens is 276 g/mol. The Balaban J connectivity index is 2.20. The van der Waals surface area contributed by atoms with Gasteiger partial charge in [-0.2, -0.15) is 4.98 Å². The summed E-state index contributed by atoms with van der Waals surface area (Å²) in [6, 6.07) is 0. The van der Waals surface area contributed by atoms with Crippen LogP contribution < -0.4 is 10.2 Å². The summed E-state index contributed by atoms with van der Waals surface area (Å²) in [5.74, 6) is 1.39. The molecule has 1 aliphatic rings. The molecule has 0 aliphatic carbocycles. The van der Waals surface area contributed by atoms with Gasteiger partial charge in [-0.25, -0.2) is 13.4 Å². The lowest BCUT2D eigenvalue weighted by Crippen LogP contribution is -2.41. The minimum atomic E-state index is -2.90. The monoisotopic (exact) mass is 290 g/mol. The Labute approximate surface area is 111 Å². The van der Waals surface area contributed by atoms with Crippen molar-refractivity contribution in [1.29, 1.82) is 0 Å². The molecular formula is C10H15ClN4O2S. The molecule has 0 spiro atoms. The van der Waals surface area contributed by atoms with Crippen LogP contribution in [0.15, 0.2) is 6.20 Å². The van der Waals surface area contributed by atoms with Gasteiger partial charge in [0.25, 0.3) is 0 Å². The van der Waals surface area contributed by atoms with Gasteiger partial charge in [0, 0.05) is 19.6 Å². The highest BCUT2D eigenvalue weighted by atomic mass is 35.5. The number of hydrogen-bond acceptors (Lipinski definition) is 6. The van der Waals surface area contributed by atoms with Crippen molar-refractivity contribution in [2.24, 2.45) is 0 Å². The van der Waals surface area contributed by atoms with E-state index < -0.39 is 9.84 Å². The van der Waals surface area contributed by atoms with Crippen molar-refractivity contribution < 1.29 is 8.42 Å². The van der Waals surface area contributed by atoms with Crippen molar-refractivity contribution in [3.63, 3.8) is 0 Å². The van der Waals surface area contributed by atoms with Crippen molar-refractivity contribution in [2.45, 2.75) is 6.92 Å². The Hall–Kier alpha value is -1.08. The first-order valence-corrected chi connectivity index (χ1v) is 7.93. The molecule has 1 aliphatic heterocycles. The van der Waals surface area contributed by atoms with Crippen molar-refractivity contribution in [3.05, 3.63) is 11.2 Å². The van der Waals surface area contributed by atoms with E-state index in [1.165, 1.54) is 6.20 Å². The van der Waals surface area contributed by atoms with E-state index in [0.29, 0.717) is 29.9 Å². The summed E-state index contributed by atoms with van der Waals surface area (Å²) in [5, 5.41) is 3.45. The molecule has 1 N–H and O–H groups in total. The minimum absolute atomic E-state index is 0.143. The zero-order valence-electron chi connectivity index (χ0n) is 10.1. The standard InChI is InChI=1S/C10H15ClN4O2S/c1-2-12-10-13-7-8(11)9(14-10)15-3-5-18(16,17)6-4-15/h7H,2-6H2,1H3,(H,12,13,14). The van der Waals surface area contributed by atoms with E-state index in [1.807, 2.05) is 11.8 Å². The van der Waals surface area contributed by atoms with Crippen LogP contribution in [0.5, 0.6) is 0 Å². The van der Waals surface area contributed by atoms with Gasteiger partial charge in [-0.05, 0) is 6.92 Å². The lowest BCUT2D eigenvalue weighted by atomic mass is 10.4. The second kappa shape index (κ2) is 5.27. The summed E-state index contributed by atoms with van der Waals surface area (Å²) < 4.78 is 22.8. The molecule has 1 fully saturated rings. The fourth-order valence-electron chi connectivity index (χ4n) is 1.75. The lowest BCUT2D eigenvalue weighted by molar-refractivity contribution is 0.586. The first-order valence-electron chi connectivity index (χ1n) is 5.73. The van der Waals surface area contributed by atoms with Crippen molar-refractivity contribution >= 4 is 33.2 Å². The molecule has 0 atom stereocenters. The van der Waals surface area contributed by atoms with Gasteiger partial charge >= 0.3 is 0 Å². The molecule has 1 aromatic heterocycles. The summed E-state index contributed by atoms with van der Waals surface area (Å²) >= 11 is 6.06. The highest BCUT2D eigenvalue weighted by Crippen LogP contribution is 2.25. The second-order valence-electron chi connectivity index (χ2n) is 4.03. The fraction of sp³-hybridized carbons (Fsp3) is 0.600. The summed E-state index contributed by atoms with van der Waals surface area (Å²) in [5.41, 5.74) is 0. The third kappa shape index (κ3) is 3.02. The average molecular weight is 291 g/mol. The number of hydrogen-bond donors (Lipinski definition) is 1. The fourth-order valence-corrected chi connectivity index (χ4v) is 3.16. The quantitative estimate of drug-likeness (QED) is 0.887. The van der Waals surface area contributed by atoms with Gasteiger partial charge < -0.3 is 10.2 Å². The number of aromatic nitrogens is 2. The molecule has 6 nitrogen and oxygen atoms in total. The second-order valence-corrected chi connectivity index (χ2v) is 6.75. The van der Waals surface area contributed by atoms with Crippen molar-refractivity contribution in [2.75, 3.05) is 41.4 Å². The number of nitrogens with zero attached hydrogens (tertiary/aromatic N) is 3. The minimum Gasteiger partial charge on any atom is -0.354 e. The Morgan fingerprint density at radius 3 is 2.72 bits per heavy atom. The van der Waals surface area contributed by atoms with Crippen LogP contribution in [-0.2, 0) is 9.84 Å². The molecule has 0 aromatic carbocycles. The maximum absolute atomic E-state index is 11.4. The van der Waals surface area contributed by atoms with Crippen molar-refractivity contribution in [3.8, 4) is 0 Å². The van der Waals surface area contributed by atoms with Gasteiger partial charge in [0.15, 0.2) is 15.7 Å². The SMILES string of the molecule is CCNc1ncc(Cl)c(N2CCS(=O)(=O)CC2)n1. The summed E-state index contributed by atoms with van der Waals surface area (Å²) in [7, 11) is -2.90. The van der Waals surface area contributed by atoms with Gasteiger partial charge in [-0.1, -0.05) is 11.6 Å². The van der Waals surface area contributed by atoms with Crippen LogP contribution in [0.1, 0.15) is 6.92 Å². The van der Waals surface area contributed by atoms with Crippen LogP contribution in [0, 0.1) is 0 Å². The number of rotatable bonds is 3. The van der Waals surface area contributed by atoms with Crippen LogP contribution in [0.3, 0.4) is 0 Å². The van der Waals surface area contributed by atoms with Crippen LogP contribution in [-0.4, -0.2) is 49.5 Å². The van der Waals surface area contributed by atoms with E-state index in [2.05, 4.69) is 15.3 Å². The maximum Gasteiger partial charge on any atom is 0.224 e. The molecule has 18 heavy (non-hydrogen) atoms. The topological polar surface area (TPSA) is 75.2 Å². The Kier molecular flexibility index (Phi) is 3.91. The molecule has 2 heterocycles. The first-order chi connectivity index (χ1) is 8.52. The maximum atomic E-state index is 11.4. The number of nitrogens with one attached hydrogen (secondary N) is 1. The average Bonchev–Trinajstić information content (AvgIpc) is 2.32. The van der Waals surface area contributed by atoms with E-state index in [0.717, 1.165) is 6.54 Å². The van der Waals surface area contributed by atoms with Crippen LogP contribution >= 0.6 is 11.6 Å². The van der Waals surface area contributed by atoms with E-state index in [1.54, 1.807) is 0 Å². The summed E-state index contributed by atoms with van der Waals surface area (Å²) in [6.07, 6.45) is 1.53. The Morgan fingerprint density at radius 2 is 2.11 bits per heavy atom. The van der Waals surface area contributed by atoms with Gasteiger partial charge in [0.2, 0.25) is 5.95 Å². The lowest BCUT2D eigenvalue weighted by Gasteiger charge is -2.28.